The van der Waals surface area contributed by atoms with Crippen molar-refractivity contribution >= 4 is 23.4 Å². The first-order valence-corrected chi connectivity index (χ1v) is 9.86. The molecule has 1 aromatic heterocycles. The lowest BCUT2D eigenvalue weighted by molar-refractivity contribution is -0.137. The molecule has 0 spiro atoms. The molecule has 3 rings (SSSR count). The first kappa shape index (κ1) is 20.9. The SMILES string of the molecule is CCc1ccc(-c2ccc(SCC(=O)Nc3cccc(C(F)(F)F)c3)nn2)cc1. The van der Waals surface area contributed by atoms with Crippen LogP contribution in [0.5, 0.6) is 0 Å². The topological polar surface area (TPSA) is 54.9 Å². The number of rotatable bonds is 6. The number of nitrogens with zero attached hydrogens (tertiary/aromatic N) is 2. The summed E-state index contributed by atoms with van der Waals surface area (Å²) >= 11 is 1.16. The molecule has 1 heterocycles. The zero-order valence-corrected chi connectivity index (χ0v) is 16.3. The number of hydrogen-bond acceptors (Lipinski definition) is 4. The second kappa shape index (κ2) is 9.09. The predicted octanol–water partition coefficient (Wildman–Crippen LogP) is 5.46. The van der Waals surface area contributed by atoms with Gasteiger partial charge in [-0.15, -0.1) is 10.2 Å². The highest BCUT2D eigenvalue weighted by Gasteiger charge is 2.30. The number of aromatic nitrogens is 2. The van der Waals surface area contributed by atoms with Gasteiger partial charge in [-0.2, -0.15) is 13.2 Å². The number of alkyl halides is 3. The average molecular weight is 417 g/mol. The molecule has 0 radical (unpaired) electrons. The van der Waals surface area contributed by atoms with Gasteiger partial charge in [0.2, 0.25) is 5.91 Å². The van der Waals surface area contributed by atoms with Crippen LogP contribution in [0.3, 0.4) is 0 Å². The van der Waals surface area contributed by atoms with Gasteiger partial charge in [-0.1, -0.05) is 49.0 Å². The zero-order valence-electron chi connectivity index (χ0n) is 15.5. The van der Waals surface area contributed by atoms with Crippen molar-refractivity contribution in [2.24, 2.45) is 0 Å². The van der Waals surface area contributed by atoms with Gasteiger partial charge in [0, 0.05) is 11.3 Å². The normalized spacial score (nSPS) is 11.3. The molecule has 8 heteroatoms. The van der Waals surface area contributed by atoms with Crippen molar-refractivity contribution in [1.82, 2.24) is 10.2 Å². The van der Waals surface area contributed by atoms with Crippen LogP contribution in [-0.2, 0) is 17.4 Å². The van der Waals surface area contributed by atoms with Crippen LogP contribution in [0.4, 0.5) is 18.9 Å². The van der Waals surface area contributed by atoms with Gasteiger partial charge in [0.15, 0.2) is 0 Å². The van der Waals surface area contributed by atoms with E-state index in [1.807, 2.05) is 30.3 Å². The number of aryl methyl sites for hydroxylation is 1. The van der Waals surface area contributed by atoms with Gasteiger partial charge in [0.05, 0.1) is 17.0 Å². The van der Waals surface area contributed by atoms with Crippen molar-refractivity contribution in [2.75, 3.05) is 11.1 Å². The summed E-state index contributed by atoms with van der Waals surface area (Å²) in [6.45, 7) is 2.09. The summed E-state index contributed by atoms with van der Waals surface area (Å²) in [7, 11) is 0. The number of anilines is 1. The lowest BCUT2D eigenvalue weighted by atomic mass is 10.1. The number of hydrogen-bond donors (Lipinski definition) is 1. The van der Waals surface area contributed by atoms with Gasteiger partial charge in [-0.3, -0.25) is 4.79 Å². The van der Waals surface area contributed by atoms with Crippen molar-refractivity contribution in [3.05, 3.63) is 71.8 Å². The molecule has 0 saturated carbocycles. The molecule has 3 aromatic rings. The molecular weight excluding hydrogens is 399 g/mol. The number of amides is 1. The molecule has 29 heavy (non-hydrogen) atoms. The van der Waals surface area contributed by atoms with E-state index in [9.17, 15) is 18.0 Å². The Balaban J connectivity index is 1.56. The van der Waals surface area contributed by atoms with Gasteiger partial charge in [0.1, 0.15) is 5.03 Å². The zero-order chi connectivity index (χ0) is 20.9. The van der Waals surface area contributed by atoms with E-state index in [-0.39, 0.29) is 11.4 Å². The number of carbonyl (C=O) groups is 1. The summed E-state index contributed by atoms with van der Waals surface area (Å²) in [5.41, 5.74) is 2.21. The Morgan fingerprint density at radius 3 is 2.41 bits per heavy atom. The monoisotopic (exact) mass is 417 g/mol. The van der Waals surface area contributed by atoms with Gasteiger partial charge in [0.25, 0.3) is 0 Å². The highest BCUT2D eigenvalue weighted by atomic mass is 32.2. The van der Waals surface area contributed by atoms with Crippen LogP contribution in [0.25, 0.3) is 11.3 Å². The first-order chi connectivity index (χ1) is 13.8. The van der Waals surface area contributed by atoms with Crippen molar-refractivity contribution in [3.8, 4) is 11.3 Å². The summed E-state index contributed by atoms with van der Waals surface area (Å²) < 4.78 is 38.2. The number of nitrogens with one attached hydrogen (secondary N) is 1. The predicted molar refractivity (Wildman–Crippen MR) is 108 cm³/mol. The molecule has 0 aliphatic rings. The average Bonchev–Trinajstić information content (AvgIpc) is 2.72. The van der Waals surface area contributed by atoms with Crippen LogP contribution < -0.4 is 5.32 Å². The van der Waals surface area contributed by atoms with Crippen LogP contribution in [0.1, 0.15) is 18.1 Å². The van der Waals surface area contributed by atoms with E-state index in [1.165, 1.54) is 17.7 Å². The number of halogens is 3. The number of thioether (sulfide) groups is 1. The van der Waals surface area contributed by atoms with Gasteiger partial charge in [-0.25, -0.2) is 0 Å². The van der Waals surface area contributed by atoms with Gasteiger partial charge < -0.3 is 5.32 Å². The van der Waals surface area contributed by atoms with Crippen molar-refractivity contribution in [3.63, 3.8) is 0 Å². The summed E-state index contributed by atoms with van der Waals surface area (Å²) in [6.07, 6.45) is -3.49. The summed E-state index contributed by atoms with van der Waals surface area (Å²) in [4.78, 5) is 12.0. The molecule has 0 unspecified atom stereocenters. The maximum absolute atomic E-state index is 12.7. The van der Waals surface area contributed by atoms with E-state index >= 15 is 0 Å². The molecule has 4 nitrogen and oxygen atoms in total. The Morgan fingerprint density at radius 2 is 1.79 bits per heavy atom. The van der Waals surface area contributed by atoms with E-state index < -0.39 is 17.6 Å². The molecule has 0 aliphatic carbocycles. The largest absolute Gasteiger partial charge is 0.416 e. The minimum atomic E-state index is -4.45. The minimum absolute atomic E-state index is 0.00939. The molecule has 1 amide bonds. The molecule has 0 atom stereocenters. The van der Waals surface area contributed by atoms with Crippen molar-refractivity contribution < 1.29 is 18.0 Å². The summed E-state index contributed by atoms with van der Waals surface area (Å²) in [5, 5.41) is 11.3. The smallest absolute Gasteiger partial charge is 0.325 e. The lowest BCUT2D eigenvalue weighted by Gasteiger charge is -2.09. The number of carbonyl (C=O) groups excluding carboxylic acids is 1. The summed E-state index contributed by atoms with van der Waals surface area (Å²) in [5.74, 6) is -0.412. The Labute approximate surface area is 170 Å². The maximum atomic E-state index is 12.7. The molecule has 2 aromatic carbocycles. The van der Waals surface area contributed by atoms with Crippen LogP contribution >= 0.6 is 11.8 Å². The van der Waals surface area contributed by atoms with Gasteiger partial charge >= 0.3 is 6.18 Å². The van der Waals surface area contributed by atoms with Crippen molar-refractivity contribution in [2.45, 2.75) is 24.5 Å². The summed E-state index contributed by atoms with van der Waals surface area (Å²) in [6, 6.07) is 16.2. The quantitative estimate of drug-likeness (QED) is 0.542. The molecule has 0 saturated heterocycles. The third kappa shape index (κ3) is 5.80. The third-order valence-corrected chi connectivity index (χ3v) is 5.04. The molecular formula is C21H18F3N3OS. The Hall–Kier alpha value is -2.87. The molecule has 0 fully saturated rings. The fourth-order valence-electron chi connectivity index (χ4n) is 2.57. The van der Waals surface area contributed by atoms with Crippen LogP contribution in [-0.4, -0.2) is 21.9 Å². The van der Waals surface area contributed by atoms with Crippen LogP contribution in [0.15, 0.2) is 65.7 Å². The first-order valence-electron chi connectivity index (χ1n) is 8.88. The fourth-order valence-corrected chi connectivity index (χ4v) is 3.19. The fraction of sp³-hybridized carbons (Fsp3) is 0.190. The second-order valence-electron chi connectivity index (χ2n) is 6.22. The highest BCUT2D eigenvalue weighted by Crippen LogP contribution is 2.30. The minimum Gasteiger partial charge on any atom is -0.325 e. The van der Waals surface area contributed by atoms with E-state index in [1.54, 1.807) is 6.07 Å². The Morgan fingerprint density at radius 1 is 1.03 bits per heavy atom. The van der Waals surface area contributed by atoms with Crippen molar-refractivity contribution in [1.29, 1.82) is 0 Å². The van der Waals surface area contributed by atoms with Crippen LogP contribution in [0, 0.1) is 0 Å². The second-order valence-corrected chi connectivity index (χ2v) is 7.22. The molecule has 0 aliphatic heterocycles. The standard InChI is InChI=1S/C21H18F3N3OS/c1-2-14-6-8-15(9-7-14)18-10-11-20(27-26-18)29-13-19(28)25-17-5-3-4-16(12-17)21(22,23)24/h3-12H,2,13H2,1H3,(H,25,28). The van der Waals surface area contributed by atoms with Crippen LogP contribution in [0.2, 0.25) is 0 Å². The van der Waals surface area contributed by atoms with Gasteiger partial charge in [-0.05, 0) is 42.3 Å². The lowest BCUT2D eigenvalue weighted by Crippen LogP contribution is -2.15. The molecule has 1 N–H and O–H groups in total. The third-order valence-electron chi connectivity index (χ3n) is 4.12. The van der Waals surface area contributed by atoms with E-state index in [0.717, 1.165) is 41.6 Å². The number of benzene rings is 2. The Kier molecular flexibility index (Phi) is 6.53. The molecule has 0 bridgehead atoms. The van der Waals surface area contributed by atoms with E-state index in [2.05, 4.69) is 22.4 Å². The van der Waals surface area contributed by atoms with E-state index in [4.69, 9.17) is 0 Å². The maximum Gasteiger partial charge on any atom is 0.416 e. The highest BCUT2D eigenvalue weighted by molar-refractivity contribution is 7.99. The van der Waals surface area contributed by atoms with E-state index in [0.29, 0.717) is 5.03 Å². The molecule has 150 valence electrons. The Bertz CT molecular complexity index is 974.